The molecule has 0 aliphatic carbocycles. The van der Waals surface area contributed by atoms with E-state index in [0.29, 0.717) is 17.3 Å². The van der Waals surface area contributed by atoms with Crippen LogP contribution in [0.2, 0.25) is 0 Å². The summed E-state index contributed by atoms with van der Waals surface area (Å²) in [6.07, 6.45) is 1.62. The lowest BCUT2D eigenvalue weighted by molar-refractivity contribution is 0.417. The fourth-order valence-electron chi connectivity index (χ4n) is 2.31. The summed E-state index contributed by atoms with van der Waals surface area (Å²) in [5, 5.41) is 1.91. The molecule has 6 nitrogen and oxygen atoms in total. The van der Waals surface area contributed by atoms with Crippen molar-refractivity contribution in [3.05, 3.63) is 36.5 Å². The summed E-state index contributed by atoms with van der Waals surface area (Å²) in [6.45, 7) is 0. The Labute approximate surface area is 121 Å². The highest BCUT2D eigenvalue weighted by Gasteiger charge is 2.09. The number of methoxy groups -OCH3 is 1. The molecule has 6 N–H and O–H groups in total. The van der Waals surface area contributed by atoms with E-state index < -0.39 is 0 Å². The molecule has 0 saturated heterocycles. The minimum absolute atomic E-state index is 0.158. The van der Waals surface area contributed by atoms with Crippen molar-refractivity contribution in [1.82, 2.24) is 9.97 Å². The first-order valence-corrected chi connectivity index (χ1v) is 6.34. The third-order valence-electron chi connectivity index (χ3n) is 3.39. The molecule has 0 aliphatic rings. The zero-order valence-corrected chi connectivity index (χ0v) is 11.5. The molecule has 3 aromatic rings. The zero-order chi connectivity index (χ0) is 15.0. The molecule has 0 radical (unpaired) electrons. The van der Waals surface area contributed by atoms with Crippen LogP contribution < -0.4 is 21.9 Å². The van der Waals surface area contributed by atoms with Gasteiger partial charge >= 0.3 is 0 Å². The first-order valence-electron chi connectivity index (χ1n) is 6.34. The van der Waals surface area contributed by atoms with Crippen molar-refractivity contribution >= 4 is 28.2 Å². The number of hydrogen-bond acceptors (Lipinski definition) is 6. The predicted octanol–water partition coefficient (Wildman–Crippen LogP) is 2.05. The molecule has 0 unspecified atom stereocenters. The molecule has 0 bridgehead atoms. The summed E-state index contributed by atoms with van der Waals surface area (Å²) in [6, 6.07) is 9.62. The summed E-state index contributed by atoms with van der Waals surface area (Å²) in [7, 11) is 1.60. The maximum Gasteiger partial charge on any atom is 0.221 e. The highest BCUT2D eigenvalue weighted by molar-refractivity contribution is 5.98. The number of ether oxygens (including phenoxy) is 1. The maximum absolute atomic E-state index is 6.08. The molecule has 106 valence electrons. The van der Waals surface area contributed by atoms with Crippen molar-refractivity contribution in [2.45, 2.75) is 0 Å². The Bertz CT molecular complexity index is 832. The molecule has 0 spiro atoms. The van der Waals surface area contributed by atoms with Crippen molar-refractivity contribution in [2.24, 2.45) is 0 Å². The number of nitrogens with two attached hydrogens (primary N) is 3. The van der Waals surface area contributed by atoms with E-state index in [1.165, 1.54) is 0 Å². The van der Waals surface area contributed by atoms with Gasteiger partial charge < -0.3 is 21.9 Å². The second-order valence-corrected chi connectivity index (χ2v) is 4.64. The number of fused-ring (bicyclic) bond motifs is 1. The minimum Gasteiger partial charge on any atom is -0.495 e. The van der Waals surface area contributed by atoms with Gasteiger partial charge in [0.1, 0.15) is 11.6 Å². The van der Waals surface area contributed by atoms with E-state index >= 15 is 0 Å². The van der Waals surface area contributed by atoms with Crippen LogP contribution in [-0.4, -0.2) is 17.1 Å². The number of benzene rings is 2. The highest BCUT2D eigenvalue weighted by atomic mass is 16.5. The monoisotopic (exact) mass is 281 g/mol. The van der Waals surface area contributed by atoms with Crippen LogP contribution in [0.1, 0.15) is 0 Å². The van der Waals surface area contributed by atoms with Crippen molar-refractivity contribution in [3.63, 3.8) is 0 Å². The molecule has 2 aromatic carbocycles. The van der Waals surface area contributed by atoms with Gasteiger partial charge in [-0.15, -0.1) is 0 Å². The molecule has 1 heterocycles. The van der Waals surface area contributed by atoms with Crippen LogP contribution >= 0.6 is 0 Å². The van der Waals surface area contributed by atoms with Crippen LogP contribution in [0.5, 0.6) is 5.75 Å². The number of hydrogen-bond donors (Lipinski definition) is 3. The quantitative estimate of drug-likeness (QED) is 0.619. The van der Waals surface area contributed by atoms with Crippen LogP contribution in [-0.2, 0) is 0 Å². The van der Waals surface area contributed by atoms with Crippen LogP contribution in [0, 0.1) is 0 Å². The molecule has 0 atom stereocenters. The largest absolute Gasteiger partial charge is 0.495 e. The number of aromatic nitrogens is 2. The van der Waals surface area contributed by atoms with Crippen molar-refractivity contribution < 1.29 is 4.74 Å². The van der Waals surface area contributed by atoms with E-state index in [0.717, 1.165) is 21.9 Å². The number of nitrogens with zero attached hydrogens (tertiary/aromatic N) is 2. The van der Waals surface area contributed by atoms with E-state index in [2.05, 4.69) is 9.97 Å². The SMILES string of the molecule is COc1ccc2cc(-c3cnc(N)nc3N)ccc2c1N. The summed E-state index contributed by atoms with van der Waals surface area (Å²) >= 11 is 0. The second-order valence-electron chi connectivity index (χ2n) is 4.64. The summed E-state index contributed by atoms with van der Waals surface area (Å²) in [5.74, 6) is 1.17. The normalized spacial score (nSPS) is 10.7. The average Bonchev–Trinajstić information content (AvgIpc) is 2.47. The molecule has 0 fully saturated rings. The standard InChI is InChI=1S/C15H15N5O/c1-21-12-5-3-8-6-9(2-4-10(8)13(12)16)11-7-19-15(18)20-14(11)17/h2-7H,16H2,1H3,(H4,17,18,19,20). The smallest absolute Gasteiger partial charge is 0.221 e. The molecule has 21 heavy (non-hydrogen) atoms. The third-order valence-corrected chi connectivity index (χ3v) is 3.39. The Kier molecular flexibility index (Phi) is 2.98. The zero-order valence-electron chi connectivity index (χ0n) is 11.5. The lowest BCUT2D eigenvalue weighted by Crippen LogP contribution is -2.01. The number of rotatable bonds is 2. The summed E-state index contributed by atoms with van der Waals surface area (Å²) < 4.78 is 5.22. The van der Waals surface area contributed by atoms with E-state index in [1.807, 2.05) is 30.3 Å². The molecule has 0 amide bonds. The third kappa shape index (κ3) is 2.16. The molecule has 0 saturated carbocycles. The van der Waals surface area contributed by atoms with Gasteiger partial charge in [0.2, 0.25) is 5.95 Å². The second kappa shape index (κ2) is 4.82. The topological polar surface area (TPSA) is 113 Å². The van der Waals surface area contributed by atoms with Gasteiger partial charge in [-0.05, 0) is 23.1 Å². The molecule has 6 heteroatoms. The van der Waals surface area contributed by atoms with Crippen LogP contribution in [0.15, 0.2) is 36.5 Å². The van der Waals surface area contributed by atoms with Gasteiger partial charge in [0.05, 0.1) is 12.8 Å². The van der Waals surface area contributed by atoms with Crippen LogP contribution in [0.3, 0.4) is 0 Å². The van der Waals surface area contributed by atoms with E-state index in [1.54, 1.807) is 13.3 Å². The van der Waals surface area contributed by atoms with Gasteiger partial charge in [0, 0.05) is 17.1 Å². The fourth-order valence-corrected chi connectivity index (χ4v) is 2.31. The minimum atomic E-state index is 0.158. The molecule has 1 aromatic heterocycles. The maximum atomic E-state index is 6.08. The van der Waals surface area contributed by atoms with Crippen molar-refractivity contribution in [2.75, 3.05) is 24.3 Å². The Morgan fingerprint density at radius 1 is 1.05 bits per heavy atom. The lowest BCUT2D eigenvalue weighted by atomic mass is 10.0. The first-order chi connectivity index (χ1) is 10.1. The average molecular weight is 281 g/mol. The van der Waals surface area contributed by atoms with Gasteiger partial charge in [-0.1, -0.05) is 18.2 Å². The summed E-state index contributed by atoms with van der Waals surface area (Å²) in [5.41, 5.74) is 19.7. The number of nitrogen functional groups attached to an aromatic ring is 3. The molecular weight excluding hydrogens is 266 g/mol. The lowest BCUT2D eigenvalue weighted by Gasteiger charge is -2.10. The van der Waals surface area contributed by atoms with Gasteiger partial charge in [0.15, 0.2) is 0 Å². The van der Waals surface area contributed by atoms with E-state index in [4.69, 9.17) is 21.9 Å². The van der Waals surface area contributed by atoms with E-state index in [-0.39, 0.29) is 5.95 Å². The molecule has 0 aliphatic heterocycles. The van der Waals surface area contributed by atoms with Gasteiger partial charge in [-0.25, -0.2) is 4.98 Å². The predicted molar refractivity (Wildman–Crippen MR) is 84.8 cm³/mol. The Morgan fingerprint density at radius 3 is 2.57 bits per heavy atom. The Hall–Kier alpha value is -3.02. The molecule has 3 rings (SSSR count). The van der Waals surface area contributed by atoms with Crippen LogP contribution in [0.4, 0.5) is 17.5 Å². The molecular formula is C15H15N5O. The Balaban J connectivity index is 2.18. The van der Waals surface area contributed by atoms with Gasteiger partial charge in [0.25, 0.3) is 0 Å². The number of anilines is 3. The first kappa shape index (κ1) is 13.0. The van der Waals surface area contributed by atoms with Crippen molar-refractivity contribution in [1.29, 1.82) is 0 Å². The van der Waals surface area contributed by atoms with Gasteiger partial charge in [-0.2, -0.15) is 4.98 Å². The summed E-state index contributed by atoms with van der Waals surface area (Å²) in [4.78, 5) is 7.96. The van der Waals surface area contributed by atoms with Gasteiger partial charge in [-0.3, -0.25) is 0 Å². The van der Waals surface area contributed by atoms with Crippen molar-refractivity contribution in [3.8, 4) is 16.9 Å². The van der Waals surface area contributed by atoms with Crippen LogP contribution in [0.25, 0.3) is 21.9 Å². The highest BCUT2D eigenvalue weighted by Crippen LogP contribution is 2.34. The van der Waals surface area contributed by atoms with E-state index in [9.17, 15) is 0 Å². The Morgan fingerprint density at radius 2 is 1.86 bits per heavy atom. The fraction of sp³-hybridized carbons (Fsp3) is 0.0667.